The summed E-state index contributed by atoms with van der Waals surface area (Å²) in [6, 6.07) is 8.33. The SMILES string of the molecule is COC(=O)c1c(N)sc(CN(C)C)c1-c1ccc(C(C)C)cc1. The Morgan fingerprint density at radius 2 is 1.87 bits per heavy atom. The molecule has 23 heavy (non-hydrogen) atoms. The number of nitrogens with two attached hydrogens (primary N) is 1. The molecule has 2 rings (SSSR count). The van der Waals surface area contributed by atoms with Gasteiger partial charge in [-0.1, -0.05) is 38.1 Å². The molecule has 0 saturated heterocycles. The van der Waals surface area contributed by atoms with Crippen molar-refractivity contribution in [3.05, 3.63) is 40.3 Å². The number of nitrogen functional groups attached to an aromatic ring is 1. The molecular formula is C18H24N2O2S. The number of hydrogen-bond donors (Lipinski definition) is 1. The van der Waals surface area contributed by atoms with Crippen molar-refractivity contribution in [3.8, 4) is 11.1 Å². The molecule has 0 fully saturated rings. The van der Waals surface area contributed by atoms with Crippen LogP contribution < -0.4 is 5.73 Å². The summed E-state index contributed by atoms with van der Waals surface area (Å²) < 4.78 is 4.93. The quantitative estimate of drug-likeness (QED) is 0.842. The molecule has 0 unspecified atom stereocenters. The molecule has 1 aromatic heterocycles. The maximum atomic E-state index is 12.2. The van der Waals surface area contributed by atoms with E-state index in [0.717, 1.165) is 22.5 Å². The number of hydrogen-bond acceptors (Lipinski definition) is 5. The molecule has 0 radical (unpaired) electrons. The molecule has 0 aliphatic heterocycles. The van der Waals surface area contributed by atoms with Crippen LogP contribution in [0.15, 0.2) is 24.3 Å². The molecule has 0 atom stereocenters. The average Bonchev–Trinajstić information content (AvgIpc) is 2.81. The van der Waals surface area contributed by atoms with Gasteiger partial charge in [0.1, 0.15) is 10.6 Å². The summed E-state index contributed by atoms with van der Waals surface area (Å²) in [6.07, 6.45) is 0. The van der Waals surface area contributed by atoms with Gasteiger partial charge in [-0.2, -0.15) is 0 Å². The first kappa shape index (κ1) is 17.5. The van der Waals surface area contributed by atoms with Gasteiger partial charge in [-0.3, -0.25) is 0 Å². The highest BCUT2D eigenvalue weighted by atomic mass is 32.1. The molecular weight excluding hydrogens is 308 g/mol. The lowest BCUT2D eigenvalue weighted by atomic mass is 9.96. The smallest absolute Gasteiger partial charge is 0.341 e. The minimum Gasteiger partial charge on any atom is -0.465 e. The van der Waals surface area contributed by atoms with Crippen molar-refractivity contribution in [2.45, 2.75) is 26.3 Å². The van der Waals surface area contributed by atoms with E-state index in [2.05, 4.69) is 43.0 Å². The standard InChI is InChI=1S/C18H24N2O2S/c1-11(2)12-6-8-13(9-7-12)15-14(10-20(3)4)23-17(19)16(15)18(21)22-5/h6-9,11H,10,19H2,1-5H3. The first-order valence-electron chi connectivity index (χ1n) is 7.59. The lowest BCUT2D eigenvalue weighted by molar-refractivity contribution is 0.0603. The van der Waals surface area contributed by atoms with E-state index in [1.807, 2.05) is 14.1 Å². The molecule has 2 N–H and O–H groups in total. The van der Waals surface area contributed by atoms with Crippen LogP contribution in [-0.2, 0) is 11.3 Å². The highest BCUT2D eigenvalue weighted by Gasteiger charge is 2.24. The van der Waals surface area contributed by atoms with E-state index < -0.39 is 0 Å². The number of rotatable bonds is 5. The van der Waals surface area contributed by atoms with Crippen LogP contribution in [0.2, 0.25) is 0 Å². The third-order valence-corrected chi connectivity index (χ3v) is 4.73. The van der Waals surface area contributed by atoms with Gasteiger partial charge in [0.15, 0.2) is 0 Å². The Balaban J connectivity index is 2.59. The van der Waals surface area contributed by atoms with Gasteiger partial charge in [0, 0.05) is 17.0 Å². The zero-order chi connectivity index (χ0) is 17.1. The molecule has 0 saturated carbocycles. The second-order valence-electron chi connectivity index (χ2n) is 6.15. The maximum Gasteiger partial charge on any atom is 0.341 e. The molecule has 0 spiro atoms. The molecule has 124 valence electrons. The van der Waals surface area contributed by atoms with Crippen LogP contribution in [0.3, 0.4) is 0 Å². The van der Waals surface area contributed by atoms with Crippen molar-refractivity contribution in [2.24, 2.45) is 0 Å². The van der Waals surface area contributed by atoms with Gasteiger partial charge in [0.2, 0.25) is 0 Å². The highest BCUT2D eigenvalue weighted by molar-refractivity contribution is 7.17. The number of carbonyl (C=O) groups is 1. The minimum absolute atomic E-state index is 0.383. The Bertz CT molecular complexity index is 688. The Hall–Kier alpha value is -1.85. The van der Waals surface area contributed by atoms with Crippen LogP contribution in [0.4, 0.5) is 5.00 Å². The number of thiophene rings is 1. The first-order chi connectivity index (χ1) is 10.8. The van der Waals surface area contributed by atoms with Crippen molar-refractivity contribution < 1.29 is 9.53 Å². The van der Waals surface area contributed by atoms with E-state index >= 15 is 0 Å². The minimum atomic E-state index is -0.383. The summed E-state index contributed by atoms with van der Waals surface area (Å²) in [5, 5.41) is 0.511. The molecule has 0 bridgehead atoms. The topological polar surface area (TPSA) is 55.6 Å². The molecule has 4 nitrogen and oxygen atoms in total. The largest absolute Gasteiger partial charge is 0.465 e. The Kier molecular flexibility index (Phi) is 5.44. The number of anilines is 1. The van der Waals surface area contributed by atoms with Crippen molar-refractivity contribution in [2.75, 3.05) is 26.9 Å². The van der Waals surface area contributed by atoms with Crippen LogP contribution in [-0.4, -0.2) is 32.1 Å². The van der Waals surface area contributed by atoms with Crippen molar-refractivity contribution in [1.82, 2.24) is 4.90 Å². The number of carbonyl (C=O) groups excluding carboxylic acids is 1. The zero-order valence-electron chi connectivity index (χ0n) is 14.3. The van der Waals surface area contributed by atoms with Gasteiger partial charge in [0.05, 0.1) is 7.11 Å². The van der Waals surface area contributed by atoms with E-state index in [1.165, 1.54) is 24.0 Å². The van der Waals surface area contributed by atoms with Gasteiger partial charge < -0.3 is 15.4 Å². The van der Waals surface area contributed by atoms with Crippen molar-refractivity contribution in [3.63, 3.8) is 0 Å². The summed E-state index contributed by atoms with van der Waals surface area (Å²) in [4.78, 5) is 15.3. The summed E-state index contributed by atoms with van der Waals surface area (Å²) in [5.74, 6) is 0.0876. The number of methoxy groups -OCH3 is 1. The Morgan fingerprint density at radius 3 is 2.35 bits per heavy atom. The fourth-order valence-electron chi connectivity index (χ4n) is 2.54. The Labute approximate surface area is 141 Å². The predicted octanol–water partition coefficient (Wildman–Crippen LogP) is 3.97. The molecule has 0 aliphatic carbocycles. The molecule has 2 aromatic rings. The van der Waals surface area contributed by atoms with Crippen LogP contribution in [0.1, 0.15) is 40.6 Å². The second kappa shape index (κ2) is 7.15. The maximum absolute atomic E-state index is 12.2. The van der Waals surface area contributed by atoms with E-state index in [-0.39, 0.29) is 5.97 Å². The fraction of sp³-hybridized carbons (Fsp3) is 0.389. The predicted molar refractivity (Wildman–Crippen MR) is 97.0 cm³/mol. The lowest BCUT2D eigenvalue weighted by Gasteiger charge is -2.12. The van der Waals surface area contributed by atoms with E-state index in [1.54, 1.807) is 0 Å². The monoisotopic (exact) mass is 332 g/mol. The third-order valence-electron chi connectivity index (χ3n) is 3.72. The lowest BCUT2D eigenvalue weighted by Crippen LogP contribution is -2.11. The van der Waals surface area contributed by atoms with E-state index in [4.69, 9.17) is 10.5 Å². The van der Waals surface area contributed by atoms with Crippen LogP contribution in [0, 0.1) is 0 Å². The molecule has 1 heterocycles. The van der Waals surface area contributed by atoms with E-state index in [0.29, 0.717) is 16.5 Å². The summed E-state index contributed by atoms with van der Waals surface area (Å²) >= 11 is 1.45. The summed E-state index contributed by atoms with van der Waals surface area (Å²) in [7, 11) is 5.38. The van der Waals surface area contributed by atoms with Gasteiger partial charge in [-0.25, -0.2) is 4.79 Å². The summed E-state index contributed by atoms with van der Waals surface area (Å²) in [5.41, 5.74) is 9.75. The van der Waals surface area contributed by atoms with Crippen molar-refractivity contribution in [1.29, 1.82) is 0 Å². The molecule has 0 aliphatic rings. The number of nitrogens with zero attached hydrogens (tertiary/aromatic N) is 1. The molecule has 5 heteroatoms. The Morgan fingerprint density at radius 1 is 1.26 bits per heavy atom. The highest BCUT2D eigenvalue weighted by Crippen LogP contribution is 2.40. The van der Waals surface area contributed by atoms with Gasteiger partial charge in [-0.05, 0) is 31.1 Å². The van der Waals surface area contributed by atoms with E-state index in [9.17, 15) is 4.79 Å². The first-order valence-corrected chi connectivity index (χ1v) is 8.41. The third kappa shape index (κ3) is 3.74. The van der Waals surface area contributed by atoms with Crippen molar-refractivity contribution >= 4 is 22.3 Å². The molecule has 0 amide bonds. The van der Waals surface area contributed by atoms with Crippen LogP contribution in [0.5, 0.6) is 0 Å². The summed E-state index contributed by atoms with van der Waals surface area (Å²) in [6.45, 7) is 5.05. The number of ether oxygens (including phenoxy) is 1. The fourth-order valence-corrected chi connectivity index (χ4v) is 3.74. The van der Waals surface area contributed by atoms with Gasteiger partial charge in [0.25, 0.3) is 0 Å². The number of esters is 1. The average molecular weight is 332 g/mol. The molecule has 1 aromatic carbocycles. The van der Waals surface area contributed by atoms with Gasteiger partial charge in [-0.15, -0.1) is 11.3 Å². The normalized spacial score (nSPS) is 11.3. The van der Waals surface area contributed by atoms with Crippen LogP contribution in [0.25, 0.3) is 11.1 Å². The van der Waals surface area contributed by atoms with Crippen LogP contribution >= 0.6 is 11.3 Å². The second-order valence-corrected chi connectivity index (χ2v) is 7.28. The number of benzene rings is 1. The van der Waals surface area contributed by atoms with Gasteiger partial charge >= 0.3 is 5.97 Å². The zero-order valence-corrected chi connectivity index (χ0v) is 15.2.